The Labute approximate surface area is 105 Å². The van der Waals surface area contributed by atoms with Crippen LogP contribution < -0.4 is 0 Å². The van der Waals surface area contributed by atoms with Gasteiger partial charge in [0.2, 0.25) is 0 Å². The van der Waals surface area contributed by atoms with Gasteiger partial charge in [0.25, 0.3) is 0 Å². The molecule has 1 aromatic carbocycles. The molecule has 1 aromatic rings. The van der Waals surface area contributed by atoms with Crippen LogP contribution in [0.1, 0.15) is 12.0 Å². The first kappa shape index (κ1) is 13.0. The number of hydrogen-bond donors (Lipinski definition) is 1. The van der Waals surface area contributed by atoms with Crippen LogP contribution in [-0.2, 0) is 15.1 Å². The van der Waals surface area contributed by atoms with Crippen molar-refractivity contribution in [1.82, 2.24) is 4.90 Å². The molecule has 1 unspecified atom stereocenters. The lowest BCUT2D eigenvalue weighted by molar-refractivity contribution is -0.137. The first-order chi connectivity index (χ1) is 8.52. The Morgan fingerprint density at radius 1 is 1.50 bits per heavy atom. The van der Waals surface area contributed by atoms with Gasteiger partial charge in [0.1, 0.15) is 11.4 Å². The molecule has 1 heterocycles. The Balaban J connectivity index is 1.95. The third-order valence-corrected chi connectivity index (χ3v) is 3.10. The highest BCUT2D eigenvalue weighted by Crippen LogP contribution is 2.39. The zero-order valence-electron chi connectivity index (χ0n) is 10.2. The zero-order chi connectivity index (χ0) is 13.2. The van der Waals surface area contributed by atoms with Crippen LogP contribution in [0.5, 0.6) is 0 Å². The molecule has 0 saturated carbocycles. The monoisotopic (exact) mass is 253 g/mol. The molecule has 1 aliphatic heterocycles. The minimum Gasteiger partial charge on any atom is -0.481 e. The first-order valence-electron chi connectivity index (χ1n) is 5.82. The largest absolute Gasteiger partial charge is 0.481 e. The normalized spacial score (nSPS) is 22.2. The van der Waals surface area contributed by atoms with Gasteiger partial charge < -0.3 is 14.7 Å². The van der Waals surface area contributed by atoms with Crippen molar-refractivity contribution in [3.05, 3.63) is 35.6 Å². The summed E-state index contributed by atoms with van der Waals surface area (Å²) in [6, 6.07) is 6.26. The van der Waals surface area contributed by atoms with Crippen molar-refractivity contribution in [3.8, 4) is 0 Å². The molecule has 4 nitrogen and oxygen atoms in total. The first-order valence-corrected chi connectivity index (χ1v) is 5.82. The van der Waals surface area contributed by atoms with Gasteiger partial charge in [0.15, 0.2) is 0 Å². The van der Waals surface area contributed by atoms with Crippen LogP contribution in [0.2, 0.25) is 0 Å². The van der Waals surface area contributed by atoms with Gasteiger partial charge >= 0.3 is 5.97 Å². The Morgan fingerprint density at radius 2 is 2.11 bits per heavy atom. The number of likely N-dealkylation sites (N-methyl/N-ethyl adjacent to an activating group) is 1. The Hall–Kier alpha value is -1.46. The lowest BCUT2D eigenvalue weighted by atomic mass is 9.99. The summed E-state index contributed by atoms with van der Waals surface area (Å²) >= 11 is 0. The molecule has 0 amide bonds. The van der Waals surface area contributed by atoms with Crippen molar-refractivity contribution in [2.75, 3.05) is 26.7 Å². The van der Waals surface area contributed by atoms with Crippen molar-refractivity contribution >= 4 is 5.97 Å². The summed E-state index contributed by atoms with van der Waals surface area (Å²) in [5.41, 5.74) is 0.548. The van der Waals surface area contributed by atoms with Crippen LogP contribution in [0.15, 0.2) is 24.3 Å². The van der Waals surface area contributed by atoms with E-state index in [9.17, 15) is 9.18 Å². The smallest absolute Gasteiger partial charge is 0.304 e. The molecule has 0 spiro atoms. The van der Waals surface area contributed by atoms with Gasteiger partial charge in [-0.25, -0.2) is 4.39 Å². The maximum absolute atomic E-state index is 12.9. The van der Waals surface area contributed by atoms with Crippen molar-refractivity contribution in [1.29, 1.82) is 0 Å². The number of halogens is 1. The van der Waals surface area contributed by atoms with Gasteiger partial charge in [-0.2, -0.15) is 0 Å². The second-order valence-corrected chi connectivity index (χ2v) is 4.67. The van der Waals surface area contributed by atoms with E-state index in [-0.39, 0.29) is 17.8 Å². The van der Waals surface area contributed by atoms with E-state index in [1.54, 1.807) is 12.1 Å². The molecule has 1 fully saturated rings. The van der Waals surface area contributed by atoms with Gasteiger partial charge in [-0.05, 0) is 24.7 Å². The quantitative estimate of drug-likeness (QED) is 0.780. The molecule has 1 saturated heterocycles. The summed E-state index contributed by atoms with van der Waals surface area (Å²) in [4.78, 5) is 12.4. The molecule has 1 aliphatic rings. The number of carboxylic acid groups (broad SMARTS) is 1. The topological polar surface area (TPSA) is 53.1 Å². The van der Waals surface area contributed by atoms with Crippen molar-refractivity contribution in [2.24, 2.45) is 0 Å². The maximum atomic E-state index is 12.9. The fourth-order valence-corrected chi connectivity index (χ4v) is 1.99. The van der Waals surface area contributed by atoms with Gasteiger partial charge in [-0.3, -0.25) is 4.79 Å². The predicted molar refractivity (Wildman–Crippen MR) is 63.8 cm³/mol. The van der Waals surface area contributed by atoms with Gasteiger partial charge in [0, 0.05) is 13.1 Å². The molecular weight excluding hydrogens is 237 g/mol. The van der Waals surface area contributed by atoms with Crippen LogP contribution in [-0.4, -0.2) is 42.7 Å². The summed E-state index contributed by atoms with van der Waals surface area (Å²) in [7, 11) is 1.86. The van der Waals surface area contributed by atoms with Crippen LogP contribution in [0, 0.1) is 5.82 Å². The van der Waals surface area contributed by atoms with E-state index >= 15 is 0 Å². The molecule has 0 radical (unpaired) electrons. The van der Waals surface area contributed by atoms with E-state index in [0.29, 0.717) is 19.7 Å². The highest BCUT2D eigenvalue weighted by atomic mass is 19.1. The maximum Gasteiger partial charge on any atom is 0.304 e. The minimum atomic E-state index is -0.811. The summed E-state index contributed by atoms with van der Waals surface area (Å²) < 4.78 is 18.3. The number of rotatable bonds is 6. The molecule has 2 rings (SSSR count). The van der Waals surface area contributed by atoms with Crippen LogP contribution in [0.3, 0.4) is 0 Å². The van der Waals surface area contributed by atoms with Crippen LogP contribution >= 0.6 is 0 Å². The second-order valence-electron chi connectivity index (χ2n) is 4.67. The third kappa shape index (κ3) is 3.05. The lowest BCUT2D eigenvalue weighted by Gasteiger charge is -2.21. The van der Waals surface area contributed by atoms with Gasteiger partial charge in [-0.1, -0.05) is 12.1 Å². The van der Waals surface area contributed by atoms with E-state index in [4.69, 9.17) is 9.84 Å². The van der Waals surface area contributed by atoms with Gasteiger partial charge in [-0.15, -0.1) is 0 Å². The van der Waals surface area contributed by atoms with E-state index in [1.807, 2.05) is 11.9 Å². The van der Waals surface area contributed by atoms with E-state index < -0.39 is 5.97 Å². The molecule has 0 bridgehead atoms. The highest BCUT2D eigenvalue weighted by molar-refractivity contribution is 5.66. The third-order valence-electron chi connectivity index (χ3n) is 3.10. The average molecular weight is 253 g/mol. The minimum absolute atomic E-state index is 0.107. The average Bonchev–Trinajstić information content (AvgIpc) is 3.08. The molecule has 0 aliphatic carbocycles. The number of carboxylic acids is 1. The lowest BCUT2D eigenvalue weighted by Crippen LogP contribution is -2.32. The Morgan fingerprint density at radius 3 is 2.61 bits per heavy atom. The number of benzene rings is 1. The highest BCUT2D eigenvalue weighted by Gasteiger charge is 2.47. The molecule has 1 atom stereocenters. The number of ether oxygens (including phenoxy) is 1. The van der Waals surface area contributed by atoms with E-state index in [1.165, 1.54) is 12.1 Å². The van der Waals surface area contributed by atoms with Crippen LogP contribution in [0.4, 0.5) is 4.39 Å². The van der Waals surface area contributed by atoms with Crippen molar-refractivity contribution in [3.63, 3.8) is 0 Å². The Bertz CT molecular complexity index is 428. The number of nitrogens with zero attached hydrogens (tertiary/aromatic N) is 1. The molecule has 18 heavy (non-hydrogen) atoms. The molecule has 1 N–H and O–H groups in total. The standard InChI is InChI=1S/C13H16FNO3/c1-15(7-6-12(16)17)8-13(9-18-13)10-2-4-11(14)5-3-10/h2-5H,6-9H2,1H3,(H,16,17). The number of aliphatic carboxylic acids is 1. The van der Waals surface area contributed by atoms with Gasteiger partial charge in [0.05, 0.1) is 13.0 Å². The number of epoxide rings is 1. The molecular formula is C13H16FNO3. The van der Waals surface area contributed by atoms with E-state index in [2.05, 4.69) is 0 Å². The zero-order valence-corrected chi connectivity index (χ0v) is 10.2. The van der Waals surface area contributed by atoms with Crippen molar-refractivity contribution < 1.29 is 19.0 Å². The van der Waals surface area contributed by atoms with E-state index in [0.717, 1.165) is 5.56 Å². The summed E-state index contributed by atoms with van der Waals surface area (Å²) in [5, 5.41) is 8.62. The number of hydrogen-bond acceptors (Lipinski definition) is 3. The summed E-state index contributed by atoms with van der Waals surface area (Å²) in [5.74, 6) is -1.08. The number of carbonyl (C=O) groups is 1. The molecule has 0 aromatic heterocycles. The fraction of sp³-hybridized carbons (Fsp3) is 0.462. The fourth-order valence-electron chi connectivity index (χ4n) is 1.99. The SMILES string of the molecule is CN(CCC(=O)O)CC1(c2ccc(F)cc2)CO1. The van der Waals surface area contributed by atoms with Crippen molar-refractivity contribution in [2.45, 2.75) is 12.0 Å². The summed E-state index contributed by atoms with van der Waals surface area (Å²) in [6.07, 6.45) is 0.107. The predicted octanol–water partition coefficient (Wildman–Crippen LogP) is 1.46. The second kappa shape index (κ2) is 5.04. The molecule has 5 heteroatoms. The summed E-state index contributed by atoms with van der Waals surface area (Å²) in [6.45, 7) is 1.68. The molecule has 98 valence electrons. The Kier molecular flexibility index (Phi) is 3.63. The van der Waals surface area contributed by atoms with Crippen LogP contribution in [0.25, 0.3) is 0 Å².